The van der Waals surface area contributed by atoms with E-state index in [1.165, 1.54) is 12.0 Å². The Morgan fingerprint density at radius 2 is 2.00 bits per heavy atom. The maximum Gasteiger partial charge on any atom is 0.359 e. The number of hydrogen-bond donors (Lipinski definition) is 3. The Hall–Kier alpha value is -4.86. The lowest BCUT2D eigenvalue weighted by molar-refractivity contribution is -0.583. The van der Waals surface area contributed by atoms with Crippen LogP contribution in [0.3, 0.4) is 0 Å². The number of carbonyl (C=O) groups excluding carboxylic acids is 2. The Bertz CT molecular complexity index is 1800. The number of aromatic nitrogens is 2. The molecule has 5 N–H and O–H groups in total. The van der Waals surface area contributed by atoms with Gasteiger partial charge in [-0.3, -0.25) is 14.5 Å². The number of aliphatic carboxylic acids is 1. The molecule has 2 aliphatic heterocycles. The summed E-state index contributed by atoms with van der Waals surface area (Å²) in [6.45, 7) is 0. The molecule has 0 saturated carbocycles. The van der Waals surface area contributed by atoms with E-state index < -0.39 is 29.9 Å². The number of carboxylic acid groups (broad SMARTS) is 1. The third-order valence-electron chi connectivity index (χ3n) is 7.21. The number of nitrogens with zero attached hydrogens (tertiary/aromatic N) is 4. The fourth-order valence-corrected chi connectivity index (χ4v) is 6.88. The van der Waals surface area contributed by atoms with E-state index in [1.807, 2.05) is 42.7 Å². The number of nitrogens with one attached hydrogen (secondary N) is 1. The molecule has 2 amide bonds. The summed E-state index contributed by atoms with van der Waals surface area (Å²) in [5, 5.41) is 19.4. The van der Waals surface area contributed by atoms with Gasteiger partial charge in [0.1, 0.15) is 24.6 Å². The summed E-state index contributed by atoms with van der Waals surface area (Å²) in [4.78, 5) is 49.9. The molecule has 2 atom stereocenters. The molecular formula is C28H26N6O7S2. The van der Waals surface area contributed by atoms with E-state index in [-0.39, 0.29) is 27.7 Å². The topological polar surface area (TPSA) is 190 Å². The second kappa shape index (κ2) is 11.8. The minimum absolute atomic E-state index is 0. The van der Waals surface area contributed by atoms with Crippen LogP contribution >= 0.6 is 22.7 Å². The molecule has 0 radical (unpaired) electrons. The number of thiophene rings is 1. The van der Waals surface area contributed by atoms with E-state index in [2.05, 4.69) is 21.5 Å². The average Bonchev–Trinajstić information content (AvgIpc) is 3.63. The van der Waals surface area contributed by atoms with Gasteiger partial charge in [-0.1, -0.05) is 5.16 Å². The molecule has 2 aliphatic rings. The van der Waals surface area contributed by atoms with Gasteiger partial charge in [-0.25, -0.2) is 9.78 Å². The lowest BCUT2D eigenvalue weighted by Crippen LogP contribution is -2.72. The number of pyridine rings is 1. The number of rotatable bonds is 8. The number of fused-ring (bicyclic) bond motifs is 2. The zero-order chi connectivity index (χ0) is 29.5. The summed E-state index contributed by atoms with van der Waals surface area (Å²) >= 11 is 2.72. The molecule has 4 aromatic rings. The van der Waals surface area contributed by atoms with Crippen LogP contribution in [0.15, 0.2) is 65.0 Å². The van der Waals surface area contributed by atoms with Gasteiger partial charge >= 0.3 is 5.97 Å². The average molecular weight is 623 g/mol. The molecule has 6 rings (SSSR count). The van der Waals surface area contributed by atoms with Crippen LogP contribution in [0.5, 0.6) is 5.75 Å². The number of methoxy groups -OCH3 is 1. The first-order valence-electron chi connectivity index (χ1n) is 12.8. The van der Waals surface area contributed by atoms with Crippen molar-refractivity contribution in [1.82, 2.24) is 15.2 Å². The molecule has 0 spiro atoms. The number of oxime groups is 1. The van der Waals surface area contributed by atoms with Gasteiger partial charge in [0.05, 0.1) is 17.9 Å². The number of carbonyl (C=O) groups is 3. The van der Waals surface area contributed by atoms with Crippen LogP contribution in [0, 0.1) is 0 Å². The molecule has 3 aromatic heterocycles. The van der Waals surface area contributed by atoms with Gasteiger partial charge in [-0.15, -0.1) is 22.7 Å². The minimum Gasteiger partial charge on any atom is -0.870 e. The summed E-state index contributed by atoms with van der Waals surface area (Å²) in [6, 6.07) is 10.4. The maximum atomic E-state index is 13.3. The molecule has 5 heterocycles. The Morgan fingerprint density at radius 1 is 1.23 bits per heavy atom. The number of nitrogens with two attached hydrogens (primary N) is 1. The number of thiazole rings is 1. The fraction of sp³-hybridized carbons (Fsp3) is 0.214. The van der Waals surface area contributed by atoms with Crippen LogP contribution in [0.4, 0.5) is 5.13 Å². The molecular weight excluding hydrogens is 596 g/mol. The summed E-state index contributed by atoms with van der Waals surface area (Å²) < 4.78 is 7.99. The molecule has 0 bridgehead atoms. The first-order valence-corrected chi connectivity index (χ1v) is 14.5. The molecule has 1 saturated heterocycles. The third kappa shape index (κ3) is 5.29. The largest absolute Gasteiger partial charge is 0.870 e. The number of anilines is 1. The van der Waals surface area contributed by atoms with Gasteiger partial charge in [0.2, 0.25) is 5.70 Å². The van der Waals surface area contributed by atoms with Crippen molar-refractivity contribution < 1.29 is 39.1 Å². The molecule has 43 heavy (non-hydrogen) atoms. The lowest BCUT2D eigenvalue weighted by Gasteiger charge is -2.48. The zero-order valence-electron chi connectivity index (χ0n) is 22.9. The highest BCUT2D eigenvalue weighted by Gasteiger charge is 2.55. The molecule has 0 aliphatic carbocycles. The van der Waals surface area contributed by atoms with Crippen LogP contribution < -0.4 is 20.4 Å². The number of hydrogen-bond acceptors (Lipinski definition) is 11. The highest BCUT2D eigenvalue weighted by atomic mass is 32.1. The monoisotopic (exact) mass is 622 g/mol. The van der Waals surface area contributed by atoms with E-state index in [9.17, 15) is 19.5 Å². The number of allylic oxidation sites excluding steroid dienone is 1. The van der Waals surface area contributed by atoms with Gasteiger partial charge in [0.25, 0.3) is 11.8 Å². The van der Waals surface area contributed by atoms with Crippen molar-refractivity contribution in [3.8, 4) is 16.2 Å². The Morgan fingerprint density at radius 3 is 2.65 bits per heavy atom. The van der Waals surface area contributed by atoms with Crippen LogP contribution in [0.2, 0.25) is 0 Å². The van der Waals surface area contributed by atoms with Gasteiger partial charge < -0.3 is 31.2 Å². The van der Waals surface area contributed by atoms with Crippen LogP contribution in [0.1, 0.15) is 18.5 Å². The van der Waals surface area contributed by atoms with E-state index in [0.717, 1.165) is 37.6 Å². The van der Waals surface area contributed by atoms with Crippen molar-refractivity contribution in [2.45, 2.75) is 24.9 Å². The fourth-order valence-electron chi connectivity index (χ4n) is 5.24. The summed E-state index contributed by atoms with van der Waals surface area (Å²) in [5.74, 6) is -1.63. The van der Waals surface area contributed by atoms with Crippen LogP contribution in [-0.4, -0.2) is 70.3 Å². The first-order chi connectivity index (χ1) is 20.3. The summed E-state index contributed by atoms with van der Waals surface area (Å²) in [7, 11) is 2.91. The molecule has 15 heteroatoms. The second-order valence-electron chi connectivity index (χ2n) is 9.57. The van der Waals surface area contributed by atoms with E-state index >= 15 is 0 Å². The number of β-lactam (4-membered cyclic amide) rings is 1. The number of amides is 2. The van der Waals surface area contributed by atoms with Crippen LogP contribution in [0.25, 0.3) is 26.2 Å². The first kappa shape index (κ1) is 29.6. The molecule has 1 unspecified atom stereocenters. The van der Waals surface area contributed by atoms with Crippen LogP contribution in [-0.2, 0) is 19.2 Å². The predicted molar refractivity (Wildman–Crippen MR) is 159 cm³/mol. The van der Waals surface area contributed by atoms with Gasteiger partial charge in [0.15, 0.2) is 28.9 Å². The number of ether oxygens (including phenoxy) is 1. The Balaban J connectivity index is 0.00000368. The molecule has 1 fully saturated rings. The van der Waals surface area contributed by atoms with Crippen molar-refractivity contribution in [2.75, 3.05) is 20.0 Å². The predicted octanol–water partition coefficient (Wildman–Crippen LogP) is 2.52. The lowest BCUT2D eigenvalue weighted by atomic mass is 9.85. The Kier molecular flexibility index (Phi) is 8.12. The molecule has 222 valence electrons. The minimum atomic E-state index is -1.22. The maximum absolute atomic E-state index is 13.3. The number of nitrogen functional groups attached to an aromatic ring is 1. The quantitative estimate of drug-likeness (QED) is 0.115. The van der Waals surface area contributed by atoms with Crippen molar-refractivity contribution in [1.29, 1.82) is 0 Å². The van der Waals surface area contributed by atoms with E-state index in [0.29, 0.717) is 18.5 Å². The van der Waals surface area contributed by atoms with Gasteiger partial charge in [-0.05, 0) is 42.3 Å². The van der Waals surface area contributed by atoms with Gasteiger partial charge in [-0.2, -0.15) is 4.57 Å². The van der Waals surface area contributed by atoms with E-state index in [1.54, 1.807) is 28.4 Å². The zero-order valence-corrected chi connectivity index (χ0v) is 24.5. The number of carboxylic acids is 1. The smallest absolute Gasteiger partial charge is 0.359 e. The molecule has 13 nitrogen and oxygen atoms in total. The third-order valence-corrected chi connectivity index (χ3v) is 9.02. The highest BCUT2D eigenvalue weighted by molar-refractivity contribution is 7.22. The van der Waals surface area contributed by atoms with Crippen molar-refractivity contribution in [3.05, 3.63) is 65.6 Å². The van der Waals surface area contributed by atoms with Crippen molar-refractivity contribution in [3.63, 3.8) is 0 Å². The number of benzene rings is 1. The normalized spacial score (nSPS) is 18.0. The highest BCUT2D eigenvalue weighted by Crippen LogP contribution is 2.38. The summed E-state index contributed by atoms with van der Waals surface area (Å²) in [5.41, 5.74) is 7.22. The standard InChI is InChI=1S/C28H24N6O6S2.H2O/c1-39-16-5-3-14(4-6-16)20-11-15-9-10-33(12-21(15)42-20)19-8-7-18-23(26(36)34(18)24(19)27(37)38)31-25(35)22(32-40-2)17-13-41-28(29)30-17;/h3-6,9-13,18,23H,7-8H2,1-2H3,(H3-,29,30,31,35,37,38);1H2/t18?,23-;/m0./s1. The van der Waals surface area contributed by atoms with Gasteiger partial charge in [0, 0.05) is 28.1 Å². The molecule has 1 aromatic carbocycles. The van der Waals surface area contributed by atoms with Crippen molar-refractivity contribution in [2.24, 2.45) is 5.16 Å². The summed E-state index contributed by atoms with van der Waals surface area (Å²) in [6.07, 6.45) is 4.54. The SMILES string of the molecule is CON=C(C(=O)N[C@@H]1C(=O)N2C(C(=O)O)=C([n+]3ccc4cc(-c5ccc(OC)cc5)sc4c3)CCC12)c1csc(N)n1.[OH-]. The Labute approximate surface area is 252 Å². The van der Waals surface area contributed by atoms with Crippen molar-refractivity contribution >= 4 is 67.1 Å². The van der Waals surface area contributed by atoms with E-state index in [4.69, 9.17) is 15.3 Å². The second-order valence-corrected chi connectivity index (χ2v) is 11.5.